The van der Waals surface area contributed by atoms with E-state index in [0.29, 0.717) is 25.2 Å². The molecule has 4 nitrogen and oxygen atoms in total. The Kier molecular flexibility index (Phi) is 8.51. The predicted octanol–water partition coefficient (Wildman–Crippen LogP) is 5.63. The number of Topliss-reactive ketones (excluding diaryl/α,β-unsaturated/α-hetero) is 1. The van der Waals surface area contributed by atoms with Crippen LogP contribution in [0.4, 0.5) is 0 Å². The maximum Gasteiger partial charge on any atom is 0.316 e. The summed E-state index contributed by atoms with van der Waals surface area (Å²) >= 11 is 6.97. The molecule has 0 aliphatic rings. The van der Waals surface area contributed by atoms with Crippen LogP contribution in [0.15, 0.2) is 51.4 Å². The summed E-state index contributed by atoms with van der Waals surface area (Å²) < 4.78 is 12.8. The van der Waals surface area contributed by atoms with Gasteiger partial charge in [0.2, 0.25) is 0 Å². The van der Waals surface area contributed by atoms with Gasteiger partial charge in [0, 0.05) is 0 Å². The van der Waals surface area contributed by atoms with Crippen LogP contribution in [0.5, 0.6) is 5.75 Å². The lowest BCUT2D eigenvalue weighted by Crippen LogP contribution is -2.25. The highest BCUT2D eigenvalue weighted by molar-refractivity contribution is 9.11. The van der Waals surface area contributed by atoms with E-state index in [1.165, 1.54) is 6.92 Å². The first-order valence-electron chi connectivity index (χ1n) is 8.68. The van der Waals surface area contributed by atoms with Gasteiger partial charge in [-0.1, -0.05) is 30.3 Å². The number of ether oxygens (including phenoxy) is 2. The summed E-state index contributed by atoms with van der Waals surface area (Å²) in [6.07, 6.45) is 0.960. The maximum absolute atomic E-state index is 12.3. The number of rotatable bonds is 9. The Morgan fingerprint density at radius 2 is 1.70 bits per heavy atom. The molecular formula is C21H22Br2O4. The van der Waals surface area contributed by atoms with Crippen molar-refractivity contribution in [3.8, 4) is 5.75 Å². The summed E-state index contributed by atoms with van der Waals surface area (Å²) in [5, 5.41) is 0. The van der Waals surface area contributed by atoms with Crippen LogP contribution in [0, 0.1) is 12.8 Å². The number of carbonyl (C=O) groups is 2. The van der Waals surface area contributed by atoms with Crippen molar-refractivity contribution in [1.29, 1.82) is 0 Å². The lowest BCUT2D eigenvalue weighted by atomic mass is 9.99. The predicted molar refractivity (Wildman–Crippen MR) is 112 cm³/mol. The van der Waals surface area contributed by atoms with Crippen molar-refractivity contribution in [3.05, 3.63) is 62.5 Å². The summed E-state index contributed by atoms with van der Waals surface area (Å²) in [5.41, 5.74) is 2.00. The van der Waals surface area contributed by atoms with Gasteiger partial charge in [0.15, 0.2) is 0 Å². The van der Waals surface area contributed by atoms with E-state index in [2.05, 4.69) is 31.9 Å². The van der Waals surface area contributed by atoms with Crippen LogP contribution in [-0.4, -0.2) is 18.4 Å². The number of halogens is 2. The van der Waals surface area contributed by atoms with Crippen LogP contribution in [-0.2, 0) is 20.9 Å². The number of benzene rings is 2. The second-order valence-electron chi connectivity index (χ2n) is 6.30. The zero-order valence-corrected chi connectivity index (χ0v) is 18.5. The van der Waals surface area contributed by atoms with E-state index in [4.69, 9.17) is 9.47 Å². The molecule has 0 saturated carbocycles. The average molecular weight is 498 g/mol. The Labute approximate surface area is 176 Å². The van der Waals surface area contributed by atoms with Crippen molar-refractivity contribution in [3.63, 3.8) is 0 Å². The summed E-state index contributed by atoms with van der Waals surface area (Å²) in [5.74, 6) is -0.719. The van der Waals surface area contributed by atoms with Crippen LogP contribution in [0.3, 0.4) is 0 Å². The van der Waals surface area contributed by atoms with Gasteiger partial charge in [0.1, 0.15) is 24.1 Å². The normalized spacial score (nSPS) is 11.7. The van der Waals surface area contributed by atoms with E-state index < -0.39 is 11.9 Å². The molecule has 0 saturated heterocycles. The molecule has 0 N–H and O–H groups in total. The van der Waals surface area contributed by atoms with Crippen LogP contribution >= 0.6 is 31.9 Å². The summed E-state index contributed by atoms with van der Waals surface area (Å²) in [4.78, 5) is 24.1. The third-order valence-electron chi connectivity index (χ3n) is 4.03. The van der Waals surface area contributed by atoms with E-state index >= 15 is 0 Å². The van der Waals surface area contributed by atoms with E-state index in [0.717, 1.165) is 20.1 Å². The Balaban J connectivity index is 1.84. The van der Waals surface area contributed by atoms with Gasteiger partial charge in [-0.25, -0.2) is 0 Å². The fourth-order valence-corrected chi connectivity index (χ4v) is 4.25. The Morgan fingerprint density at radius 1 is 1.07 bits per heavy atom. The Morgan fingerprint density at radius 3 is 2.30 bits per heavy atom. The van der Waals surface area contributed by atoms with Gasteiger partial charge in [-0.05, 0) is 81.8 Å². The van der Waals surface area contributed by atoms with E-state index in [-0.39, 0.29) is 12.4 Å². The third kappa shape index (κ3) is 6.78. The summed E-state index contributed by atoms with van der Waals surface area (Å²) in [6.45, 7) is 3.99. The number of esters is 1. The second-order valence-corrected chi connectivity index (χ2v) is 8.01. The van der Waals surface area contributed by atoms with Crippen molar-refractivity contribution >= 4 is 43.6 Å². The molecule has 1 atom stereocenters. The van der Waals surface area contributed by atoms with Crippen LogP contribution in [0.25, 0.3) is 0 Å². The zero-order chi connectivity index (χ0) is 19.8. The fourth-order valence-electron chi connectivity index (χ4n) is 2.60. The average Bonchev–Trinajstić information content (AvgIpc) is 2.62. The molecule has 0 aliphatic carbocycles. The molecule has 0 radical (unpaired) electrons. The molecule has 6 heteroatoms. The van der Waals surface area contributed by atoms with Gasteiger partial charge in [-0.15, -0.1) is 0 Å². The standard InChI is InChI=1S/C21H22Br2O4/c1-14-11-18(22)20(19(23)12-14)26-10-6-9-17(15(2)24)21(25)27-13-16-7-4-3-5-8-16/h3-5,7-8,11-12,17H,6,9-10,13H2,1-2H3. The minimum Gasteiger partial charge on any atom is -0.491 e. The minimum absolute atomic E-state index is 0.170. The first kappa shape index (κ1) is 21.6. The highest BCUT2D eigenvalue weighted by Crippen LogP contribution is 2.34. The van der Waals surface area contributed by atoms with Crippen molar-refractivity contribution in [2.24, 2.45) is 5.92 Å². The topological polar surface area (TPSA) is 52.6 Å². The smallest absolute Gasteiger partial charge is 0.316 e. The molecule has 2 aromatic carbocycles. The van der Waals surface area contributed by atoms with E-state index in [9.17, 15) is 9.59 Å². The van der Waals surface area contributed by atoms with Gasteiger partial charge in [-0.2, -0.15) is 0 Å². The molecule has 2 aromatic rings. The molecule has 0 spiro atoms. The molecular weight excluding hydrogens is 476 g/mol. The number of ketones is 1. The van der Waals surface area contributed by atoms with Crippen molar-refractivity contribution < 1.29 is 19.1 Å². The first-order valence-corrected chi connectivity index (χ1v) is 10.3. The number of aryl methyl sites for hydroxylation is 1. The van der Waals surface area contributed by atoms with E-state index in [1.54, 1.807) is 0 Å². The maximum atomic E-state index is 12.3. The highest BCUT2D eigenvalue weighted by Gasteiger charge is 2.24. The molecule has 27 heavy (non-hydrogen) atoms. The SMILES string of the molecule is CC(=O)C(CCCOc1c(Br)cc(C)cc1Br)C(=O)OCc1ccccc1. The molecule has 0 bridgehead atoms. The van der Waals surface area contributed by atoms with Crippen molar-refractivity contribution in [2.45, 2.75) is 33.3 Å². The quantitative estimate of drug-likeness (QED) is 0.256. The second kappa shape index (κ2) is 10.6. The van der Waals surface area contributed by atoms with Crippen molar-refractivity contribution in [1.82, 2.24) is 0 Å². The van der Waals surface area contributed by atoms with Crippen LogP contribution in [0.1, 0.15) is 30.9 Å². The number of carbonyl (C=O) groups excluding carboxylic acids is 2. The largest absolute Gasteiger partial charge is 0.491 e. The Hall–Kier alpha value is -1.66. The van der Waals surface area contributed by atoms with Crippen LogP contribution < -0.4 is 4.74 Å². The summed E-state index contributed by atoms with van der Waals surface area (Å²) in [7, 11) is 0. The molecule has 0 aliphatic heterocycles. The van der Waals surface area contributed by atoms with Gasteiger partial charge in [0.05, 0.1) is 15.6 Å². The van der Waals surface area contributed by atoms with E-state index in [1.807, 2.05) is 49.4 Å². The highest BCUT2D eigenvalue weighted by atomic mass is 79.9. The number of hydrogen-bond donors (Lipinski definition) is 0. The molecule has 2 rings (SSSR count). The monoisotopic (exact) mass is 496 g/mol. The first-order chi connectivity index (χ1) is 12.9. The minimum atomic E-state index is -0.762. The molecule has 0 heterocycles. The molecule has 1 unspecified atom stereocenters. The van der Waals surface area contributed by atoms with Gasteiger partial charge in [-0.3, -0.25) is 9.59 Å². The molecule has 0 amide bonds. The molecule has 0 aromatic heterocycles. The molecule has 0 fully saturated rings. The zero-order valence-electron chi connectivity index (χ0n) is 15.3. The van der Waals surface area contributed by atoms with Gasteiger partial charge < -0.3 is 9.47 Å². The lowest BCUT2D eigenvalue weighted by molar-refractivity contribution is -0.153. The number of hydrogen-bond acceptors (Lipinski definition) is 4. The van der Waals surface area contributed by atoms with Crippen molar-refractivity contribution in [2.75, 3.05) is 6.61 Å². The van der Waals surface area contributed by atoms with Gasteiger partial charge in [0.25, 0.3) is 0 Å². The summed E-state index contributed by atoms with van der Waals surface area (Å²) in [6, 6.07) is 13.4. The molecule has 144 valence electrons. The third-order valence-corrected chi connectivity index (χ3v) is 5.20. The Bertz CT molecular complexity index is 767. The lowest BCUT2D eigenvalue weighted by Gasteiger charge is -2.15. The fraction of sp³-hybridized carbons (Fsp3) is 0.333. The van der Waals surface area contributed by atoms with Gasteiger partial charge >= 0.3 is 5.97 Å². The van der Waals surface area contributed by atoms with Crippen LogP contribution in [0.2, 0.25) is 0 Å².